The van der Waals surface area contributed by atoms with E-state index in [1.165, 1.54) is 0 Å². The summed E-state index contributed by atoms with van der Waals surface area (Å²) < 4.78 is 10.7. The molecule has 0 saturated carbocycles. The number of hydrogen-bond acceptors (Lipinski definition) is 5. The van der Waals surface area contributed by atoms with Crippen LogP contribution in [0.15, 0.2) is 66.0 Å². The second-order valence-electron chi connectivity index (χ2n) is 7.50. The van der Waals surface area contributed by atoms with E-state index in [0.29, 0.717) is 6.42 Å². The molecule has 6 heteroatoms. The molecule has 0 saturated heterocycles. The molecule has 1 unspecified atom stereocenters. The minimum absolute atomic E-state index is 0. The molecule has 0 aromatic heterocycles. The number of aliphatic hydroxyl groups is 1. The Morgan fingerprint density at radius 3 is 2.52 bits per heavy atom. The lowest BCUT2D eigenvalue weighted by Gasteiger charge is -2.23. The maximum atomic E-state index is 12.6. The number of carbonyl (C=O) groups excluding carboxylic acids is 2. The van der Waals surface area contributed by atoms with E-state index in [9.17, 15) is 14.7 Å². The number of hydrogen-bond donors (Lipinski definition) is 2. The summed E-state index contributed by atoms with van der Waals surface area (Å²) in [6, 6.07) is 8.40. The standard InChI is InChI=1S/C22H27NO5.CH4/c1-22(2,3)28-21(26)23-19(14-16-10-7-11-18(24)13-12-16)20(25)27-15-17-8-5-4-6-9-17;/h4-10,12-13,19,24H,11,14-15H2,1-3H3,(H,23,26);1H4. The van der Waals surface area contributed by atoms with Crippen molar-refractivity contribution in [2.45, 2.75) is 59.3 Å². The zero-order valence-electron chi connectivity index (χ0n) is 16.5. The van der Waals surface area contributed by atoms with E-state index in [2.05, 4.69) is 5.32 Å². The van der Waals surface area contributed by atoms with Gasteiger partial charge in [0.15, 0.2) is 0 Å². The second kappa shape index (κ2) is 11.1. The fourth-order valence-corrected chi connectivity index (χ4v) is 2.50. The first-order valence-electron chi connectivity index (χ1n) is 9.18. The number of carbonyl (C=O) groups is 2. The van der Waals surface area contributed by atoms with Gasteiger partial charge in [-0.2, -0.15) is 0 Å². The highest BCUT2D eigenvalue weighted by molar-refractivity contribution is 5.82. The maximum Gasteiger partial charge on any atom is 0.408 e. The summed E-state index contributed by atoms with van der Waals surface area (Å²) in [5.41, 5.74) is 0.952. The summed E-state index contributed by atoms with van der Waals surface area (Å²) in [6.45, 7) is 5.36. The van der Waals surface area contributed by atoms with Gasteiger partial charge >= 0.3 is 12.1 Å². The monoisotopic (exact) mass is 401 g/mol. The first-order chi connectivity index (χ1) is 13.2. The Bertz CT molecular complexity index is 772. The molecule has 2 rings (SSSR count). The number of esters is 1. The Morgan fingerprint density at radius 1 is 1.17 bits per heavy atom. The maximum absolute atomic E-state index is 12.6. The van der Waals surface area contributed by atoms with E-state index in [-0.39, 0.29) is 26.2 Å². The third-order valence-corrected chi connectivity index (χ3v) is 3.79. The van der Waals surface area contributed by atoms with Crippen molar-refractivity contribution in [3.8, 4) is 0 Å². The Hall–Kier alpha value is -3.02. The van der Waals surface area contributed by atoms with Crippen molar-refractivity contribution < 1.29 is 24.2 Å². The van der Waals surface area contributed by atoms with Gasteiger partial charge in [0.1, 0.15) is 18.2 Å². The molecule has 2 N–H and O–H groups in total. The number of rotatable bonds is 6. The molecular weight excluding hydrogens is 370 g/mol. The number of ether oxygens (including phenoxy) is 2. The van der Waals surface area contributed by atoms with Crippen molar-refractivity contribution in [3.63, 3.8) is 0 Å². The van der Waals surface area contributed by atoms with Gasteiger partial charge in [-0.15, -0.1) is 0 Å². The first-order valence-corrected chi connectivity index (χ1v) is 9.18. The fraction of sp³-hybridized carbons (Fsp3) is 0.391. The SMILES string of the molecule is C.CC(C)(C)OC(=O)NC(CC1=CC=C(O)CC=C1)C(=O)OCc1ccccc1. The van der Waals surface area contributed by atoms with Crippen LogP contribution in [0.4, 0.5) is 4.79 Å². The molecule has 1 amide bonds. The molecule has 6 nitrogen and oxygen atoms in total. The second-order valence-corrected chi connectivity index (χ2v) is 7.50. The number of allylic oxidation sites excluding steroid dienone is 4. The summed E-state index contributed by atoms with van der Waals surface area (Å²) in [5, 5.41) is 12.2. The van der Waals surface area contributed by atoms with Crippen molar-refractivity contribution in [1.82, 2.24) is 5.32 Å². The van der Waals surface area contributed by atoms with Gasteiger partial charge in [0, 0.05) is 12.8 Å². The van der Waals surface area contributed by atoms with Crippen LogP contribution in [0.2, 0.25) is 0 Å². The van der Waals surface area contributed by atoms with Crippen LogP contribution in [0, 0.1) is 0 Å². The summed E-state index contributed by atoms with van der Waals surface area (Å²) in [7, 11) is 0. The van der Waals surface area contributed by atoms with E-state index < -0.39 is 23.7 Å². The molecular formula is C23H31NO5. The van der Waals surface area contributed by atoms with Gasteiger partial charge in [-0.3, -0.25) is 0 Å². The van der Waals surface area contributed by atoms with Gasteiger partial charge in [-0.05, 0) is 38.0 Å². The minimum atomic E-state index is -0.914. The van der Waals surface area contributed by atoms with Gasteiger partial charge in [0.2, 0.25) is 0 Å². The lowest BCUT2D eigenvalue weighted by atomic mass is 10.1. The van der Waals surface area contributed by atoms with Crippen LogP contribution in [0.1, 0.15) is 46.6 Å². The summed E-state index contributed by atoms with van der Waals surface area (Å²) >= 11 is 0. The Balaban J connectivity index is 0.00000420. The molecule has 1 aromatic rings. The molecule has 0 spiro atoms. The summed E-state index contributed by atoms with van der Waals surface area (Å²) in [5.74, 6) is -0.323. The molecule has 0 heterocycles. The molecule has 1 aliphatic rings. The lowest BCUT2D eigenvalue weighted by molar-refractivity contribution is -0.147. The molecule has 0 bridgehead atoms. The van der Waals surface area contributed by atoms with Gasteiger partial charge in [0.05, 0.1) is 5.76 Å². The van der Waals surface area contributed by atoms with Crippen molar-refractivity contribution >= 4 is 12.1 Å². The quantitative estimate of drug-likeness (QED) is 0.657. The Kier molecular flexibility index (Phi) is 9.19. The molecule has 1 aliphatic carbocycles. The van der Waals surface area contributed by atoms with Crippen LogP contribution in [-0.4, -0.2) is 28.8 Å². The van der Waals surface area contributed by atoms with Crippen LogP contribution < -0.4 is 5.32 Å². The van der Waals surface area contributed by atoms with Crippen LogP contribution >= 0.6 is 0 Å². The molecule has 0 fully saturated rings. The number of alkyl carbamates (subject to hydrolysis) is 1. The Labute approximate surface area is 172 Å². The highest BCUT2D eigenvalue weighted by Gasteiger charge is 2.26. The normalized spacial score (nSPS) is 14.4. The molecule has 1 aromatic carbocycles. The zero-order chi connectivity index (χ0) is 20.6. The molecule has 0 radical (unpaired) electrons. The van der Waals surface area contributed by atoms with E-state index in [1.807, 2.05) is 36.4 Å². The van der Waals surface area contributed by atoms with E-state index in [1.54, 1.807) is 39.0 Å². The van der Waals surface area contributed by atoms with Crippen molar-refractivity contribution in [3.05, 3.63) is 71.5 Å². The summed E-state index contributed by atoms with van der Waals surface area (Å²) in [4.78, 5) is 24.8. The predicted molar refractivity (Wildman–Crippen MR) is 113 cm³/mol. The lowest BCUT2D eigenvalue weighted by Crippen LogP contribution is -2.44. The topological polar surface area (TPSA) is 84.9 Å². The zero-order valence-corrected chi connectivity index (χ0v) is 16.5. The number of nitrogens with one attached hydrogen (secondary N) is 1. The first kappa shape index (κ1) is 24.0. The van der Waals surface area contributed by atoms with E-state index in [0.717, 1.165) is 11.1 Å². The van der Waals surface area contributed by atoms with Crippen LogP contribution in [0.25, 0.3) is 0 Å². The van der Waals surface area contributed by atoms with E-state index in [4.69, 9.17) is 9.47 Å². The van der Waals surface area contributed by atoms with E-state index >= 15 is 0 Å². The highest BCUT2D eigenvalue weighted by Crippen LogP contribution is 2.16. The third-order valence-electron chi connectivity index (χ3n) is 3.79. The number of amides is 1. The van der Waals surface area contributed by atoms with Crippen LogP contribution in [-0.2, 0) is 20.9 Å². The Morgan fingerprint density at radius 2 is 1.86 bits per heavy atom. The predicted octanol–water partition coefficient (Wildman–Crippen LogP) is 4.98. The van der Waals surface area contributed by atoms with Gasteiger partial charge < -0.3 is 19.9 Å². The molecule has 158 valence electrons. The largest absolute Gasteiger partial charge is 0.512 e. The van der Waals surface area contributed by atoms with Crippen molar-refractivity contribution in [1.29, 1.82) is 0 Å². The van der Waals surface area contributed by atoms with Gasteiger partial charge in [-0.1, -0.05) is 56.0 Å². The average molecular weight is 402 g/mol. The van der Waals surface area contributed by atoms with Crippen LogP contribution in [0.5, 0.6) is 0 Å². The third kappa shape index (κ3) is 9.14. The number of benzene rings is 1. The number of aliphatic hydroxyl groups excluding tert-OH is 1. The van der Waals surface area contributed by atoms with Gasteiger partial charge in [-0.25, -0.2) is 9.59 Å². The molecule has 0 aliphatic heterocycles. The highest BCUT2D eigenvalue weighted by atomic mass is 16.6. The minimum Gasteiger partial charge on any atom is -0.512 e. The average Bonchev–Trinajstić information content (AvgIpc) is 2.82. The summed E-state index contributed by atoms with van der Waals surface area (Å²) in [6.07, 6.45) is 6.85. The fourth-order valence-electron chi connectivity index (χ4n) is 2.50. The van der Waals surface area contributed by atoms with Gasteiger partial charge in [0.25, 0.3) is 0 Å². The molecule has 29 heavy (non-hydrogen) atoms. The van der Waals surface area contributed by atoms with Crippen molar-refractivity contribution in [2.75, 3.05) is 0 Å². The van der Waals surface area contributed by atoms with Crippen LogP contribution in [0.3, 0.4) is 0 Å². The molecule has 1 atom stereocenters. The smallest absolute Gasteiger partial charge is 0.408 e. The van der Waals surface area contributed by atoms with Crippen molar-refractivity contribution in [2.24, 2.45) is 0 Å².